The van der Waals surface area contributed by atoms with Crippen LogP contribution < -0.4 is 5.73 Å². The first-order valence-corrected chi connectivity index (χ1v) is 6.50. The van der Waals surface area contributed by atoms with Gasteiger partial charge in [-0.15, -0.1) is 0 Å². The zero-order valence-corrected chi connectivity index (χ0v) is 12.1. The lowest BCUT2D eigenvalue weighted by molar-refractivity contribution is -0.158. The van der Waals surface area contributed by atoms with Crippen LogP contribution in [0.4, 0.5) is 0 Å². The van der Waals surface area contributed by atoms with Crippen LogP contribution in [0, 0.1) is 5.92 Å². The van der Waals surface area contributed by atoms with Crippen molar-refractivity contribution in [3.63, 3.8) is 0 Å². The molecule has 2 amide bonds. The molecule has 1 aliphatic rings. The highest BCUT2D eigenvalue weighted by atomic mass is 16.2. The van der Waals surface area contributed by atoms with Crippen molar-refractivity contribution >= 4 is 11.8 Å². The number of nitrogens with zero attached hydrogens (tertiary/aromatic N) is 2. The number of amides is 2. The van der Waals surface area contributed by atoms with E-state index in [0.29, 0.717) is 25.4 Å². The van der Waals surface area contributed by atoms with Gasteiger partial charge in [0.25, 0.3) is 0 Å². The molecule has 0 bridgehead atoms. The van der Waals surface area contributed by atoms with E-state index in [1.54, 1.807) is 30.7 Å². The number of carbonyl (C=O) groups is 2. The first-order chi connectivity index (χ1) is 8.17. The van der Waals surface area contributed by atoms with E-state index >= 15 is 0 Å². The summed E-state index contributed by atoms with van der Waals surface area (Å²) in [6.07, 6.45) is 0.648. The van der Waals surface area contributed by atoms with E-state index in [0.717, 1.165) is 0 Å². The highest BCUT2D eigenvalue weighted by Gasteiger charge is 2.43. The predicted molar refractivity (Wildman–Crippen MR) is 70.9 cm³/mol. The van der Waals surface area contributed by atoms with Gasteiger partial charge in [0.15, 0.2) is 0 Å². The largest absolute Gasteiger partial charge is 0.342 e. The molecule has 0 aromatic rings. The summed E-state index contributed by atoms with van der Waals surface area (Å²) >= 11 is 0. The molecule has 1 fully saturated rings. The molecule has 1 heterocycles. The summed E-state index contributed by atoms with van der Waals surface area (Å²) in [4.78, 5) is 27.7. The molecule has 0 spiro atoms. The number of likely N-dealkylation sites (N-methyl/N-ethyl adjacent to an activating group) is 1. The normalized spacial score (nSPS) is 21.4. The first kappa shape index (κ1) is 15.0. The molecule has 104 valence electrons. The second-order valence-electron chi connectivity index (χ2n) is 6.01. The Bertz CT molecular complexity index is 339. The summed E-state index contributed by atoms with van der Waals surface area (Å²) in [5.41, 5.74) is 5.14. The molecule has 2 N–H and O–H groups in total. The summed E-state index contributed by atoms with van der Waals surface area (Å²) in [5.74, 6) is 0.226. The van der Waals surface area contributed by atoms with E-state index in [2.05, 4.69) is 0 Å². The number of hydrogen-bond donors (Lipinski definition) is 1. The standard InChI is InChI=1S/C13H25N3O2/c1-9(2)8-10(14)11(17)16-7-6-15(5)12(18)13(16,3)4/h9-10H,6-8,14H2,1-5H3/t10-/m1/s1. The minimum absolute atomic E-state index is 0.0288. The molecule has 5 nitrogen and oxygen atoms in total. The number of carbonyl (C=O) groups excluding carboxylic acids is 2. The first-order valence-electron chi connectivity index (χ1n) is 6.50. The van der Waals surface area contributed by atoms with Gasteiger partial charge in [0.2, 0.25) is 11.8 Å². The van der Waals surface area contributed by atoms with Crippen LogP contribution in [0.1, 0.15) is 34.1 Å². The van der Waals surface area contributed by atoms with Crippen LogP contribution in [0.3, 0.4) is 0 Å². The van der Waals surface area contributed by atoms with Gasteiger partial charge in [-0.2, -0.15) is 0 Å². The zero-order chi connectivity index (χ0) is 14.1. The Morgan fingerprint density at radius 3 is 2.44 bits per heavy atom. The van der Waals surface area contributed by atoms with Crippen molar-refractivity contribution in [2.45, 2.75) is 45.7 Å². The maximum absolute atomic E-state index is 12.3. The molecular formula is C13H25N3O2. The van der Waals surface area contributed by atoms with Crippen LogP contribution in [0.25, 0.3) is 0 Å². The van der Waals surface area contributed by atoms with Gasteiger partial charge in [0.1, 0.15) is 5.54 Å². The molecule has 1 rings (SSSR count). The third-order valence-electron chi connectivity index (χ3n) is 3.51. The summed E-state index contributed by atoms with van der Waals surface area (Å²) in [5, 5.41) is 0. The van der Waals surface area contributed by atoms with Crippen molar-refractivity contribution < 1.29 is 9.59 Å². The van der Waals surface area contributed by atoms with Gasteiger partial charge >= 0.3 is 0 Å². The Labute approximate surface area is 109 Å². The maximum Gasteiger partial charge on any atom is 0.247 e. The lowest BCUT2D eigenvalue weighted by Gasteiger charge is -2.45. The van der Waals surface area contributed by atoms with Gasteiger partial charge < -0.3 is 15.5 Å². The van der Waals surface area contributed by atoms with Crippen molar-refractivity contribution in [1.29, 1.82) is 0 Å². The lowest BCUT2D eigenvalue weighted by Crippen LogP contribution is -2.65. The van der Waals surface area contributed by atoms with Crippen molar-refractivity contribution in [2.75, 3.05) is 20.1 Å². The van der Waals surface area contributed by atoms with Crippen molar-refractivity contribution in [3.05, 3.63) is 0 Å². The Kier molecular flexibility index (Phi) is 4.37. The topological polar surface area (TPSA) is 66.6 Å². The molecule has 5 heteroatoms. The summed E-state index contributed by atoms with van der Waals surface area (Å²) < 4.78 is 0. The van der Waals surface area contributed by atoms with Gasteiger partial charge in [-0.25, -0.2) is 0 Å². The average Bonchev–Trinajstić information content (AvgIpc) is 2.24. The van der Waals surface area contributed by atoms with Crippen LogP contribution in [-0.4, -0.2) is 53.3 Å². The van der Waals surface area contributed by atoms with Crippen molar-refractivity contribution in [2.24, 2.45) is 11.7 Å². The van der Waals surface area contributed by atoms with Gasteiger partial charge in [0, 0.05) is 20.1 Å². The third-order valence-corrected chi connectivity index (χ3v) is 3.51. The van der Waals surface area contributed by atoms with E-state index in [1.165, 1.54) is 0 Å². The highest BCUT2D eigenvalue weighted by molar-refractivity contribution is 5.93. The van der Waals surface area contributed by atoms with Crippen molar-refractivity contribution in [1.82, 2.24) is 9.80 Å². The minimum Gasteiger partial charge on any atom is -0.342 e. The molecular weight excluding hydrogens is 230 g/mol. The van der Waals surface area contributed by atoms with E-state index in [4.69, 9.17) is 5.73 Å². The van der Waals surface area contributed by atoms with E-state index in [9.17, 15) is 9.59 Å². The molecule has 0 aromatic heterocycles. The molecule has 0 aliphatic carbocycles. The molecule has 18 heavy (non-hydrogen) atoms. The van der Waals surface area contributed by atoms with Crippen LogP contribution in [0.5, 0.6) is 0 Å². The van der Waals surface area contributed by atoms with Gasteiger partial charge in [-0.05, 0) is 26.2 Å². The number of rotatable bonds is 3. The van der Waals surface area contributed by atoms with Crippen LogP contribution in [-0.2, 0) is 9.59 Å². The van der Waals surface area contributed by atoms with Crippen molar-refractivity contribution in [3.8, 4) is 0 Å². The molecule has 0 radical (unpaired) electrons. The second-order valence-corrected chi connectivity index (χ2v) is 6.01. The highest BCUT2D eigenvalue weighted by Crippen LogP contribution is 2.23. The fraction of sp³-hybridized carbons (Fsp3) is 0.846. The Balaban J connectivity index is 2.82. The van der Waals surface area contributed by atoms with Gasteiger partial charge in [-0.3, -0.25) is 9.59 Å². The maximum atomic E-state index is 12.3. The fourth-order valence-corrected chi connectivity index (χ4v) is 2.41. The van der Waals surface area contributed by atoms with Gasteiger partial charge in [-0.1, -0.05) is 13.8 Å². The number of piperazine rings is 1. The van der Waals surface area contributed by atoms with Crippen LogP contribution in [0.2, 0.25) is 0 Å². The van der Waals surface area contributed by atoms with Gasteiger partial charge in [0.05, 0.1) is 6.04 Å². The molecule has 1 saturated heterocycles. The quantitative estimate of drug-likeness (QED) is 0.795. The smallest absolute Gasteiger partial charge is 0.247 e. The zero-order valence-electron chi connectivity index (χ0n) is 12.1. The number of hydrogen-bond acceptors (Lipinski definition) is 3. The summed E-state index contributed by atoms with van der Waals surface area (Å²) in [7, 11) is 1.76. The fourth-order valence-electron chi connectivity index (χ4n) is 2.41. The lowest BCUT2D eigenvalue weighted by atomic mass is 9.95. The van der Waals surface area contributed by atoms with E-state index < -0.39 is 11.6 Å². The molecule has 1 atom stereocenters. The SMILES string of the molecule is CC(C)C[C@@H](N)C(=O)N1CCN(C)C(=O)C1(C)C. The molecule has 1 aliphatic heterocycles. The Morgan fingerprint density at radius 1 is 1.39 bits per heavy atom. The second kappa shape index (κ2) is 5.26. The van der Waals surface area contributed by atoms with E-state index in [1.807, 2.05) is 13.8 Å². The van der Waals surface area contributed by atoms with E-state index in [-0.39, 0.29) is 11.8 Å². The number of nitrogens with two attached hydrogens (primary N) is 1. The average molecular weight is 255 g/mol. The monoisotopic (exact) mass is 255 g/mol. The molecule has 0 aromatic carbocycles. The Morgan fingerprint density at radius 2 is 1.94 bits per heavy atom. The predicted octanol–water partition coefficient (Wildman–Crippen LogP) is 0.439. The van der Waals surface area contributed by atoms with Crippen LogP contribution >= 0.6 is 0 Å². The molecule has 0 saturated carbocycles. The third kappa shape index (κ3) is 2.83. The van der Waals surface area contributed by atoms with Crippen LogP contribution in [0.15, 0.2) is 0 Å². The Hall–Kier alpha value is -1.10. The minimum atomic E-state index is -0.793. The summed E-state index contributed by atoms with van der Waals surface area (Å²) in [6, 6.07) is -0.513. The molecule has 0 unspecified atom stereocenters. The summed E-state index contributed by atoms with van der Waals surface area (Å²) in [6.45, 7) is 8.76.